The highest BCUT2D eigenvalue weighted by atomic mass is 19.4. The zero-order valence-corrected chi connectivity index (χ0v) is 12.0. The maximum absolute atomic E-state index is 13.6. The van der Waals surface area contributed by atoms with Crippen LogP contribution in [0.3, 0.4) is 0 Å². The molecule has 0 radical (unpaired) electrons. The van der Waals surface area contributed by atoms with Gasteiger partial charge in [-0.05, 0) is 18.2 Å². The molecule has 3 N–H and O–H groups in total. The Bertz CT molecular complexity index is 772. The number of nitrogens with two attached hydrogens (primary N) is 1. The Balaban J connectivity index is 1.96. The summed E-state index contributed by atoms with van der Waals surface area (Å²) in [5.41, 5.74) is 3.24. The Morgan fingerprint density at radius 1 is 1.29 bits per heavy atom. The average molecular weight is 345 g/mol. The molecular weight excluding hydrogens is 334 g/mol. The van der Waals surface area contributed by atoms with Crippen LogP contribution >= 0.6 is 0 Å². The lowest BCUT2D eigenvalue weighted by molar-refractivity contribution is -0.137. The summed E-state index contributed by atoms with van der Waals surface area (Å²) >= 11 is 0. The molecule has 0 unspecified atom stereocenters. The monoisotopic (exact) mass is 345 g/mol. The third-order valence-electron chi connectivity index (χ3n) is 2.96. The van der Waals surface area contributed by atoms with Crippen LogP contribution in [0.5, 0.6) is 0 Å². The Morgan fingerprint density at radius 2 is 2.00 bits per heavy atom. The molecule has 0 fully saturated rings. The van der Waals surface area contributed by atoms with E-state index in [-0.39, 0.29) is 24.8 Å². The summed E-state index contributed by atoms with van der Waals surface area (Å²) in [6, 6.07) is 1.63. The van der Waals surface area contributed by atoms with Crippen molar-refractivity contribution in [3.63, 3.8) is 0 Å². The molecule has 0 bridgehead atoms. The number of alkyl halides is 3. The van der Waals surface area contributed by atoms with Gasteiger partial charge in [0.15, 0.2) is 5.69 Å². The molecule has 2 aromatic rings. The molecule has 24 heavy (non-hydrogen) atoms. The molecule has 1 aromatic carbocycles. The Kier molecular flexibility index (Phi) is 4.81. The van der Waals surface area contributed by atoms with E-state index in [0.29, 0.717) is 6.07 Å². The number of rotatable bonds is 5. The van der Waals surface area contributed by atoms with Crippen molar-refractivity contribution in [1.82, 2.24) is 20.3 Å². The van der Waals surface area contributed by atoms with Crippen molar-refractivity contribution in [2.24, 2.45) is 5.73 Å². The number of benzene rings is 1. The van der Waals surface area contributed by atoms with E-state index in [9.17, 15) is 27.2 Å². The van der Waals surface area contributed by atoms with Crippen molar-refractivity contribution in [2.75, 3.05) is 6.54 Å². The Labute approximate surface area is 132 Å². The van der Waals surface area contributed by atoms with Crippen molar-refractivity contribution in [3.8, 4) is 0 Å². The maximum Gasteiger partial charge on any atom is 0.416 e. The number of amides is 2. The van der Waals surface area contributed by atoms with Crippen molar-refractivity contribution in [3.05, 3.63) is 47.0 Å². The summed E-state index contributed by atoms with van der Waals surface area (Å²) in [4.78, 5) is 22.6. The summed E-state index contributed by atoms with van der Waals surface area (Å²) in [6.07, 6.45) is -3.44. The number of aromatic nitrogens is 3. The second kappa shape index (κ2) is 6.64. The molecule has 0 aliphatic rings. The van der Waals surface area contributed by atoms with E-state index >= 15 is 0 Å². The number of hydrogen-bond donors (Lipinski definition) is 2. The van der Waals surface area contributed by atoms with Gasteiger partial charge in [-0.3, -0.25) is 9.59 Å². The topological polar surface area (TPSA) is 103 Å². The normalized spacial score (nSPS) is 11.3. The zero-order valence-electron chi connectivity index (χ0n) is 12.0. The third-order valence-corrected chi connectivity index (χ3v) is 2.96. The fourth-order valence-electron chi connectivity index (χ4n) is 1.78. The molecule has 1 heterocycles. The van der Waals surface area contributed by atoms with Gasteiger partial charge in [-0.25, -0.2) is 9.07 Å². The Morgan fingerprint density at radius 3 is 2.54 bits per heavy atom. The van der Waals surface area contributed by atoms with Gasteiger partial charge in [0.1, 0.15) is 5.82 Å². The summed E-state index contributed by atoms with van der Waals surface area (Å²) in [5, 5.41) is 9.38. The van der Waals surface area contributed by atoms with Gasteiger partial charge in [-0.1, -0.05) is 5.21 Å². The molecular formula is C13H11F4N5O2. The number of carbonyl (C=O) groups excluding carboxylic acids is 2. The highest BCUT2D eigenvalue weighted by Crippen LogP contribution is 2.30. The molecule has 128 valence electrons. The van der Waals surface area contributed by atoms with Gasteiger partial charge in [0, 0.05) is 6.54 Å². The fourth-order valence-corrected chi connectivity index (χ4v) is 1.78. The summed E-state index contributed by atoms with van der Waals surface area (Å²) < 4.78 is 52.2. The first-order chi connectivity index (χ1) is 11.2. The second-order valence-electron chi connectivity index (χ2n) is 4.68. The zero-order chi connectivity index (χ0) is 17.9. The van der Waals surface area contributed by atoms with Gasteiger partial charge in [-0.15, -0.1) is 5.10 Å². The van der Waals surface area contributed by atoms with Crippen molar-refractivity contribution >= 4 is 11.8 Å². The van der Waals surface area contributed by atoms with Crippen LogP contribution in [0, 0.1) is 5.82 Å². The van der Waals surface area contributed by atoms with E-state index in [0.717, 1.165) is 6.07 Å². The minimum atomic E-state index is -4.69. The van der Waals surface area contributed by atoms with Crippen molar-refractivity contribution in [1.29, 1.82) is 0 Å². The first-order valence-electron chi connectivity index (χ1n) is 6.53. The van der Waals surface area contributed by atoms with E-state index in [1.54, 1.807) is 0 Å². The maximum atomic E-state index is 13.6. The molecule has 7 nitrogen and oxygen atoms in total. The quantitative estimate of drug-likeness (QED) is 0.788. The van der Waals surface area contributed by atoms with E-state index in [1.807, 2.05) is 0 Å². The van der Waals surface area contributed by atoms with E-state index < -0.39 is 34.9 Å². The van der Waals surface area contributed by atoms with Crippen molar-refractivity contribution < 1.29 is 27.2 Å². The predicted molar refractivity (Wildman–Crippen MR) is 72.3 cm³/mol. The third kappa shape index (κ3) is 4.06. The lowest BCUT2D eigenvalue weighted by Crippen LogP contribution is -2.28. The van der Waals surface area contributed by atoms with Gasteiger partial charge in [-0.2, -0.15) is 13.2 Å². The molecule has 2 rings (SSSR count). The Hall–Kier alpha value is -2.98. The van der Waals surface area contributed by atoms with Gasteiger partial charge < -0.3 is 11.1 Å². The SMILES string of the molecule is NC(=O)c1cn(CCNC(=O)c2ccc(C(F)(F)F)cc2F)nn1. The van der Waals surface area contributed by atoms with Crippen LogP contribution in [0.1, 0.15) is 26.4 Å². The van der Waals surface area contributed by atoms with Gasteiger partial charge in [0.2, 0.25) is 0 Å². The van der Waals surface area contributed by atoms with Crippen LogP contribution in [0.4, 0.5) is 17.6 Å². The van der Waals surface area contributed by atoms with Gasteiger partial charge in [0.05, 0.1) is 23.9 Å². The second-order valence-corrected chi connectivity index (χ2v) is 4.68. The summed E-state index contributed by atoms with van der Waals surface area (Å²) in [5.74, 6) is -2.92. The van der Waals surface area contributed by atoms with Crippen LogP contribution in [0.2, 0.25) is 0 Å². The average Bonchev–Trinajstić information content (AvgIpc) is 2.95. The standard InChI is InChI=1S/C13H11F4N5O2/c14-9-5-7(13(15,16)17)1-2-8(9)12(24)19-3-4-22-6-10(11(18)23)20-21-22/h1-2,5-6H,3-4H2,(H2,18,23)(H,19,24). The first kappa shape index (κ1) is 17.4. The number of primary amides is 1. The van der Waals surface area contributed by atoms with Crippen molar-refractivity contribution in [2.45, 2.75) is 12.7 Å². The molecule has 0 saturated carbocycles. The molecule has 0 atom stereocenters. The largest absolute Gasteiger partial charge is 0.416 e. The summed E-state index contributed by atoms with van der Waals surface area (Å²) in [6.45, 7) is 0.0924. The number of halogens is 4. The molecule has 0 aliphatic heterocycles. The smallest absolute Gasteiger partial charge is 0.364 e. The number of nitrogens with one attached hydrogen (secondary N) is 1. The number of nitrogens with zero attached hydrogens (tertiary/aromatic N) is 3. The first-order valence-corrected chi connectivity index (χ1v) is 6.53. The van der Waals surface area contributed by atoms with E-state index in [4.69, 9.17) is 5.73 Å². The van der Waals surface area contributed by atoms with Gasteiger partial charge in [0.25, 0.3) is 11.8 Å². The molecule has 0 saturated heterocycles. The molecule has 0 spiro atoms. The number of hydrogen-bond acceptors (Lipinski definition) is 4. The van der Waals surface area contributed by atoms with Crippen LogP contribution in [-0.2, 0) is 12.7 Å². The lowest BCUT2D eigenvalue weighted by atomic mass is 10.1. The highest BCUT2D eigenvalue weighted by molar-refractivity contribution is 5.94. The molecule has 11 heteroatoms. The van der Waals surface area contributed by atoms with Crippen LogP contribution in [-0.4, -0.2) is 33.4 Å². The van der Waals surface area contributed by atoms with Crippen LogP contribution in [0.15, 0.2) is 24.4 Å². The molecule has 2 amide bonds. The van der Waals surface area contributed by atoms with Crippen LogP contribution < -0.4 is 11.1 Å². The number of carbonyl (C=O) groups is 2. The van der Waals surface area contributed by atoms with Gasteiger partial charge >= 0.3 is 6.18 Å². The highest BCUT2D eigenvalue weighted by Gasteiger charge is 2.31. The fraction of sp³-hybridized carbons (Fsp3) is 0.231. The molecule has 0 aliphatic carbocycles. The van der Waals surface area contributed by atoms with E-state index in [2.05, 4.69) is 15.6 Å². The summed E-state index contributed by atoms with van der Waals surface area (Å²) in [7, 11) is 0. The van der Waals surface area contributed by atoms with Crippen LogP contribution in [0.25, 0.3) is 0 Å². The lowest BCUT2D eigenvalue weighted by Gasteiger charge is -2.09. The molecule has 1 aromatic heterocycles. The predicted octanol–water partition coefficient (Wildman–Crippen LogP) is 0.965. The minimum absolute atomic E-state index is 0.0130. The minimum Gasteiger partial charge on any atom is -0.364 e. The van der Waals surface area contributed by atoms with E-state index in [1.165, 1.54) is 10.9 Å².